The lowest BCUT2D eigenvalue weighted by Crippen LogP contribution is -2.29. The van der Waals surface area contributed by atoms with Gasteiger partial charge in [-0.1, -0.05) is 42.5 Å². The number of nitrogens with zero attached hydrogens (tertiary/aromatic N) is 3. The number of aromatic nitrogens is 2. The summed E-state index contributed by atoms with van der Waals surface area (Å²) in [6.45, 7) is 5.94. The third-order valence-electron chi connectivity index (χ3n) is 6.28. The highest BCUT2D eigenvalue weighted by molar-refractivity contribution is 5.73. The first-order chi connectivity index (χ1) is 18.7. The highest BCUT2D eigenvalue weighted by Crippen LogP contribution is 2.42. The maximum Gasteiger partial charge on any atom is 0.435 e. The predicted octanol–water partition coefficient (Wildman–Crippen LogP) is 7.74. The van der Waals surface area contributed by atoms with Crippen LogP contribution in [0.3, 0.4) is 0 Å². The van der Waals surface area contributed by atoms with E-state index in [1.54, 1.807) is 24.3 Å². The van der Waals surface area contributed by atoms with Crippen LogP contribution in [0, 0.1) is 11.6 Å². The second-order valence-corrected chi connectivity index (χ2v) is 10.7. The average molecular weight is 532 g/mol. The van der Waals surface area contributed by atoms with E-state index in [4.69, 9.17) is 9.47 Å². The SMILES string of the molecule is CC(C)(C)OC(=O)n1nc(N(Cc2ccc(F)cc2)c2ccc(F)c(OCc3ccccc3)c2)cc1C1CC1. The van der Waals surface area contributed by atoms with Crippen LogP contribution in [-0.4, -0.2) is 21.5 Å². The van der Waals surface area contributed by atoms with Crippen molar-refractivity contribution in [1.29, 1.82) is 0 Å². The summed E-state index contributed by atoms with van der Waals surface area (Å²) in [5, 5.41) is 4.65. The van der Waals surface area contributed by atoms with Gasteiger partial charge >= 0.3 is 6.09 Å². The average Bonchev–Trinajstić information content (AvgIpc) is 3.65. The molecule has 3 aromatic carbocycles. The van der Waals surface area contributed by atoms with Crippen molar-refractivity contribution in [3.63, 3.8) is 0 Å². The molecule has 0 N–H and O–H groups in total. The number of carbonyl (C=O) groups excluding carboxylic acids is 1. The molecule has 0 spiro atoms. The van der Waals surface area contributed by atoms with Gasteiger partial charge in [0.25, 0.3) is 0 Å². The number of halogens is 2. The number of carbonyl (C=O) groups is 1. The van der Waals surface area contributed by atoms with Crippen molar-refractivity contribution in [2.24, 2.45) is 0 Å². The van der Waals surface area contributed by atoms with Gasteiger partial charge in [0.15, 0.2) is 17.4 Å². The molecule has 1 aliphatic carbocycles. The molecule has 0 saturated heterocycles. The van der Waals surface area contributed by atoms with Gasteiger partial charge in [-0.25, -0.2) is 13.6 Å². The maximum absolute atomic E-state index is 14.8. The summed E-state index contributed by atoms with van der Waals surface area (Å²) in [5.41, 5.74) is 2.42. The number of ether oxygens (including phenoxy) is 2. The van der Waals surface area contributed by atoms with Crippen LogP contribution >= 0.6 is 0 Å². The zero-order valence-electron chi connectivity index (χ0n) is 22.2. The lowest BCUT2D eigenvalue weighted by molar-refractivity contribution is 0.0509. The first-order valence-corrected chi connectivity index (χ1v) is 13.0. The Balaban J connectivity index is 1.51. The van der Waals surface area contributed by atoms with Crippen LogP contribution in [0.4, 0.5) is 25.1 Å². The first kappa shape index (κ1) is 26.4. The molecular weight excluding hydrogens is 500 g/mol. The largest absolute Gasteiger partial charge is 0.486 e. The van der Waals surface area contributed by atoms with E-state index in [0.717, 1.165) is 29.7 Å². The number of benzene rings is 3. The van der Waals surface area contributed by atoms with Gasteiger partial charge < -0.3 is 14.4 Å². The van der Waals surface area contributed by atoms with Crippen molar-refractivity contribution >= 4 is 17.6 Å². The number of anilines is 2. The van der Waals surface area contributed by atoms with Crippen LogP contribution in [0.1, 0.15) is 56.4 Å². The van der Waals surface area contributed by atoms with Crippen LogP contribution in [0.5, 0.6) is 5.75 Å². The molecule has 1 aliphatic rings. The summed E-state index contributed by atoms with van der Waals surface area (Å²) in [6.07, 6.45) is 1.36. The fourth-order valence-electron chi connectivity index (χ4n) is 4.22. The smallest absolute Gasteiger partial charge is 0.435 e. The normalized spacial score (nSPS) is 13.3. The van der Waals surface area contributed by atoms with Gasteiger partial charge in [0, 0.05) is 30.3 Å². The van der Waals surface area contributed by atoms with Gasteiger partial charge in [0.05, 0.1) is 5.69 Å². The molecule has 0 radical (unpaired) electrons. The Morgan fingerprint density at radius 2 is 1.69 bits per heavy atom. The second kappa shape index (κ2) is 10.9. The summed E-state index contributed by atoms with van der Waals surface area (Å²) in [4.78, 5) is 14.9. The molecule has 0 aliphatic heterocycles. The van der Waals surface area contributed by atoms with Crippen molar-refractivity contribution in [1.82, 2.24) is 9.78 Å². The molecule has 202 valence electrons. The number of rotatable bonds is 8. The zero-order chi connectivity index (χ0) is 27.6. The van der Waals surface area contributed by atoms with Gasteiger partial charge in [-0.3, -0.25) is 0 Å². The molecule has 0 bridgehead atoms. The molecule has 0 atom stereocenters. The molecule has 1 heterocycles. The molecular formula is C31H31F2N3O3. The van der Waals surface area contributed by atoms with E-state index in [-0.39, 0.29) is 24.1 Å². The van der Waals surface area contributed by atoms with Crippen LogP contribution in [-0.2, 0) is 17.9 Å². The molecule has 1 saturated carbocycles. The Morgan fingerprint density at radius 3 is 2.36 bits per heavy atom. The van der Waals surface area contributed by atoms with E-state index in [1.807, 2.05) is 62.1 Å². The Kier molecular flexibility index (Phi) is 7.37. The van der Waals surface area contributed by atoms with E-state index in [2.05, 4.69) is 5.10 Å². The van der Waals surface area contributed by atoms with Crippen molar-refractivity contribution in [3.8, 4) is 5.75 Å². The topological polar surface area (TPSA) is 56.6 Å². The minimum absolute atomic E-state index is 0.0921. The van der Waals surface area contributed by atoms with Gasteiger partial charge in [-0.2, -0.15) is 4.68 Å². The lowest BCUT2D eigenvalue weighted by atomic mass is 10.1. The van der Waals surface area contributed by atoms with E-state index in [1.165, 1.54) is 22.9 Å². The second-order valence-electron chi connectivity index (χ2n) is 10.7. The van der Waals surface area contributed by atoms with Gasteiger partial charge in [0.2, 0.25) is 0 Å². The standard InChI is InChI=1S/C31H31F2N3O3/c1-31(2,3)39-30(37)36-27(23-11-12-23)18-29(34-36)35(19-21-9-13-24(32)14-10-21)25-15-16-26(33)28(17-25)38-20-22-7-5-4-6-8-22/h4-10,13-18,23H,11-12,19-20H2,1-3H3. The Hall–Kier alpha value is -4.20. The van der Waals surface area contributed by atoms with Crippen LogP contribution in [0.2, 0.25) is 0 Å². The molecule has 6 nitrogen and oxygen atoms in total. The Labute approximate surface area is 226 Å². The molecule has 8 heteroatoms. The zero-order valence-corrected chi connectivity index (χ0v) is 22.2. The Morgan fingerprint density at radius 1 is 0.974 bits per heavy atom. The highest BCUT2D eigenvalue weighted by atomic mass is 19.1. The van der Waals surface area contributed by atoms with Crippen LogP contribution in [0.25, 0.3) is 0 Å². The minimum Gasteiger partial charge on any atom is -0.486 e. The summed E-state index contributed by atoms with van der Waals surface area (Å²) in [7, 11) is 0. The van der Waals surface area contributed by atoms with Crippen molar-refractivity contribution < 1.29 is 23.0 Å². The summed E-state index contributed by atoms with van der Waals surface area (Å²) in [5.74, 6) is -0.0325. The maximum atomic E-state index is 14.8. The molecule has 1 aromatic heterocycles. The Bertz CT molecular complexity index is 1440. The fourth-order valence-corrected chi connectivity index (χ4v) is 4.22. The fraction of sp³-hybridized carbons (Fsp3) is 0.290. The lowest BCUT2D eigenvalue weighted by Gasteiger charge is -2.24. The van der Waals surface area contributed by atoms with E-state index in [9.17, 15) is 13.6 Å². The van der Waals surface area contributed by atoms with E-state index >= 15 is 0 Å². The van der Waals surface area contributed by atoms with Gasteiger partial charge in [-0.05, 0) is 69.0 Å². The molecule has 1 fully saturated rings. The molecule has 0 unspecified atom stereocenters. The minimum atomic E-state index is -0.681. The number of hydrogen-bond acceptors (Lipinski definition) is 5. The predicted molar refractivity (Wildman–Crippen MR) is 145 cm³/mol. The monoisotopic (exact) mass is 531 g/mol. The first-order valence-electron chi connectivity index (χ1n) is 13.0. The van der Waals surface area contributed by atoms with Crippen molar-refractivity contribution in [2.45, 2.75) is 58.3 Å². The third-order valence-corrected chi connectivity index (χ3v) is 6.28. The van der Waals surface area contributed by atoms with Gasteiger partial charge in [0.1, 0.15) is 18.0 Å². The van der Waals surface area contributed by atoms with Crippen molar-refractivity contribution in [3.05, 3.63) is 107 Å². The summed E-state index contributed by atoms with van der Waals surface area (Å²) < 4.78 is 41.2. The summed E-state index contributed by atoms with van der Waals surface area (Å²) >= 11 is 0. The third kappa shape index (κ3) is 6.63. The van der Waals surface area contributed by atoms with Crippen LogP contribution < -0.4 is 9.64 Å². The van der Waals surface area contributed by atoms with Gasteiger partial charge in [-0.15, -0.1) is 5.10 Å². The quantitative estimate of drug-likeness (QED) is 0.233. The van der Waals surface area contributed by atoms with E-state index < -0.39 is 17.5 Å². The summed E-state index contributed by atoms with van der Waals surface area (Å²) in [6, 6.07) is 22.1. The van der Waals surface area contributed by atoms with Crippen LogP contribution in [0.15, 0.2) is 78.9 Å². The highest BCUT2D eigenvalue weighted by Gasteiger charge is 2.33. The molecule has 4 aromatic rings. The molecule has 0 amide bonds. The molecule has 5 rings (SSSR count). The molecule has 39 heavy (non-hydrogen) atoms. The van der Waals surface area contributed by atoms with Crippen molar-refractivity contribution in [2.75, 3.05) is 4.90 Å². The number of hydrogen-bond donors (Lipinski definition) is 0. The van der Waals surface area contributed by atoms with E-state index in [0.29, 0.717) is 18.1 Å².